The van der Waals surface area contributed by atoms with Crippen molar-refractivity contribution in [1.82, 2.24) is 0 Å². The molecule has 0 amide bonds. The topological polar surface area (TPSA) is 152 Å². The van der Waals surface area contributed by atoms with E-state index in [4.69, 9.17) is 32.5 Å². The SMILES string of the molecule is CCOC(=O)C(=[N+]=[N-])[C@](O[Si](C)(C)C)(C(=O)OC)C(CO[Si](c1ccccc1)(c1ccccc1)C(C)(C)C)OC(=O)CCOCOC. The van der Waals surface area contributed by atoms with Gasteiger partial charge in [-0.2, -0.15) is 4.79 Å². The van der Waals surface area contributed by atoms with E-state index in [-0.39, 0.29) is 26.4 Å². The number of esters is 3. The van der Waals surface area contributed by atoms with Crippen LogP contribution < -0.4 is 10.4 Å². The Labute approximate surface area is 279 Å². The molecule has 258 valence electrons. The number of methoxy groups -OCH3 is 2. The smallest absolute Gasteiger partial charge is 0.421 e. The molecule has 2 atom stereocenters. The molecule has 0 N–H and O–H groups in total. The molecule has 14 heteroatoms. The Balaban J connectivity index is 2.92. The van der Waals surface area contributed by atoms with E-state index in [1.54, 1.807) is 26.6 Å². The zero-order chi connectivity index (χ0) is 35.3. The Morgan fingerprint density at radius 2 is 1.47 bits per heavy atom. The van der Waals surface area contributed by atoms with E-state index in [9.17, 15) is 19.9 Å². The number of ether oxygens (including phenoxy) is 5. The third-order valence-electron chi connectivity index (χ3n) is 7.12. The molecule has 2 aromatic rings. The van der Waals surface area contributed by atoms with Gasteiger partial charge in [-0.25, -0.2) is 9.59 Å². The molecular weight excluding hydrogens is 641 g/mol. The summed E-state index contributed by atoms with van der Waals surface area (Å²) in [6.45, 7) is 12.3. The van der Waals surface area contributed by atoms with Gasteiger partial charge < -0.3 is 38.1 Å². The Morgan fingerprint density at radius 1 is 0.915 bits per heavy atom. The highest BCUT2D eigenvalue weighted by Crippen LogP contribution is 2.38. The third-order valence-corrected chi connectivity index (χ3v) is 13.1. The maximum Gasteiger partial charge on any atom is 0.421 e. The Morgan fingerprint density at radius 3 is 1.89 bits per heavy atom. The summed E-state index contributed by atoms with van der Waals surface area (Å²) in [6, 6.07) is 19.4. The van der Waals surface area contributed by atoms with Crippen molar-refractivity contribution in [2.24, 2.45) is 0 Å². The van der Waals surface area contributed by atoms with Crippen molar-refractivity contribution in [3.63, 3.8) is 0 Å². The quantitative estimate of drug-likeness (QED) is 0.0333. The number of benzene rings is 2. The van der Waals surface area contributed by atoms with Crippen molar-refractivity contribution in [2.45, 2.75) is 70.5 Å². The Bertz CT molecular complexity index is 1330. The monoisotopic (exact) mass is 688 g/mol. The van der Waals surface area contributed by atoms with Gasteiger partial charge in [0.1, 0.15) is 6.79 Å². The second-order valence-electron chi connectivity index (χ2n) is 12.6. The molecule has 0 radical (unpaired) electrons. The molecule has 0 heterocycles. The summed E-state index contributed by atoms with van der Waals surface area (Å²) >= 11 is 0. The lowest BCUT2D eigenvalue weighted by molar-refractivity contribution is -0.183. The van der Waals surface area contributed by atoms with Crippen molar-refractivity contribution in [3.05, 3.63) is 66.2 Å². The van der Waals surface area contributed by atoms with Crippen molar-refractivity contribution in [3.8, 4) is 0 Å². The van der Waals surface area contributed by atoms with E-state index in [2.05, 4.69) is 25.6 Å². The number of carbonyl (C=O) groups is 3. The molecule has 12 nitrogen and oxygen atoms in total. The first-order valence-corrected chi connectivity index (χ1v) is 20.7. The van der Waals surface area contributed by atoms with Crippen LogP contribution >= 0.6 is 0 Å². The predicted octanol–water partition coefficient (Wildman–Crippen LogP) is 3.48. The molecule has 0 saturated carbocycles. The van der Waals surface area contributed by atoms with Crippen LogP contribution in [0.4, 0.5) is 0 Å². The fraction of sp³-hybridized carbons (Fsp3) is 0.515. The van der Waals surface area contributed by atoms with Crippen LogP contribution in [0.5, 0.6) is 0 Å². The lowest BCUT2D eigenvalue weighted by Gasteiger charge is -2.45. The second-order valence-corrected chi connectivity index (χ2v) is 21.4. The summed E-state index contributed by atoms with van der Waals surface area (Å²) in [5.74, 6) is -3.10. The molecule has 0 saturated heterocycles. The van der Waals surface area contributed by atoms with Gasteiger partial charge >= 0.3 is 29.2 Å². The van der Waals surface area contributed by atoms with Crippen molar-refractivity contribution >= 4 is 50.6 Å². The molecule has 0 aliphatic rings. The summed E-state index contributed by atoms with van der Waals surface area (Å²) in [7, 11) is -3.67. The fourth-order valence-electron chi connectivity index (χ4n) is 5.35. The molecule has 47 heavy (non-hydrogen) atoms. The van der Waals surface area contributed by atoms with Gasteiger partial charge in [-0.15, -0.1) is 0 Å². The highest BCUT2D eigenvalue weighted by molar-refractivity contribution is 6.99. The minimum atomic E-state index is -3.32. The predicted molar refractivity (Wildman–Crippen MR) is 180 cm³/mol. The van der Waals surface area contributed by atoms with Crippen LogP contribution in [0.25, 0.3) is 5.53 Å². The van der Waals surface area contributed by atoms with Crippen molar-refractivity contribution < 1.29 is 51.7 Å². The van der Waals surface area contributed by atoms with Crippen LogP contribution in [-0.4, -0.2) is 97.6 Å². The fourth-order valence-corrected chi connectivity index (χ4v) is 11.2. The van der Waals surface area contributed by atoms with Crippen LogP contribution in [-0.2, 0) is 46.9 Å². The number of rotatable bonds is 18. The average Bonchev–Trinajstić information content (AvgIpc) is 3.02. The molecule has 2 rings (SSSR count). The molecule has 0 aliphatic heterocycles. The lowest BCUT2D eigenvalue weighted by atomic mass is 9.90. The highest BCUT2D eigenvalue weighted by Gasteiger charge is 2.66. The number of nitrogens with zero attached hydrogens (tertiary/aromatic N) is 2. The van der Waals surface area contributed by atoms with Gasteiger partial charge in [-0.1, -0.05) is 81.4 Å². The van der Waals surface area contributed by atoms with E-state index >= 15 is 0 Å². The van der Waals surface area contributed by atoms with Gasteiger partial charge in [0.05, 0.1) is 33.4 Å². The summed E-state index contributed by atoms with van der Waals surface area (Å²) < 4.78 is 40.1. The molecule has 0 fully saturated rings. The standard InChI is InChI=1S/C33H48N2O10Si2/c1-10-42-30(37)29(35-34)33(31(38)40-6,45-46(7,8)9)27(44-28(36)21-22-41-24-39-5)23-43-47(32(2,3)4,25-17-13-11-14-18-25)26-19-15-12-16-20-26/h11-20,27H,10,21-24H2,1-9H3/t27?,33-/m0/s1. The average molecular weight is 689 g/mol. The minimum absolute atomic E-state index is 0.0529. The minimum Gasteiger partial charge on any atom is -0.466 e. The molecule has 0 aromatic heterocycles. The van der Waals surface area contributed by atoms with Crippen LogP contribution in [0.2, 0.25) is 24.7 Å². The first-order valence-electron chi connectivity index (χ1n) is 15.3. The highest BCUT2D eigenvalue weighted by atomic mass is 28.4. The number of carbonyl (C=O) groups excluding carboxylic acids is 3. The number of hydrogen-bond acceptors (Lipinski definition) is 10. The van der Waals surface area contributed by atoms with Crippen LogP contribution in [0.15, 0.2) is 60.7 Å². The largest absolute Gasteiger partial charge is 0.466 e. The summed E-state index contributed by atoms with van der Waals surface area (Å²) in [4.78, 5) is 44.0. The van der Waals surface area contributed by atoms with Gasteiger partial charge in [-0.3, -0.25) is 4.79 Å². The van der Waals surface area contributed by atoms with Crippen molar-refractivity contribution in [2.75, 3.05) is 40.8 Å². The normalized spacial score (nSPS) is 13.9. The van der Waals surface area contributed by atoms with E-state index in [1.165, 1.54) is 7.11 Å². The van der Waals surface area contributed by atoms with Gasteiger partial charge in [-0.05, 0) is 42.0 Å². The molecular formula is C33H48N2O10Si2. The molecule has 0 spiro atoms. The third kappa shape index (κ3) is 9.76. The molecule has 0 aliphatic carbocycles. The van der Waals surface area contributed by atoms with Gasteiger partial charge in [0.2, 0.25) is 0 Å². The summed E-state index contributed by atoms with van der Waals surface area (Å²) in [5, 5.41) is 1.31. The molecule has 2 aromatic carbocycles. The van der Waals surface area contributed by atoms with Crippen molar-refractivity contribution in [1.29, 1.82) is 0 Å². The van der Waals surface area contributed by atoms with Gasteiger partial charge in [0.25, 0.3) is 8.32 Å². The summed E-state index contributed by atoms with van der Waals surface area (Å²) in [6.07, 6.45) is -1.93. The first kappa shape index (κ1) is 39.7. The lowest BCUT2D eigenvalue weighted by Crippen LogP contribution is -2.70. The second kappa shape index (κ2) is 17.6. The van der Waals surface area contributed by atoms with Crippen LogP contribution in [0, 0.1) is 0 Å². The van der Waals surface area contributed by atoms with Crippen LogP contribution in [0.1, 0.15) is 34.1 Å². The maximum atomic E-state index is 14.0. The molecule has 0 bridgehead atoms. The first-order chi connectivity index (χ1) is 22.1. The summed E-state index contributed by atoms with van der Waals surface area (Å²) in [5.41, 5.74) is 6.89. The van der Waals surface area contributed by atoms with E-state index < -0.39 is 63.6 Å². The van der Waals surface area contributed by atoms with E-state index in [0.717, 1.165) is 17.5 Å². The number of hydrogen-bond donors (Lipinski definition) is 0. The van der Waals surface area contributed by atoms with Gasteiger partial charge in [0.15, 0.2) is 14.4 Å². The van der Waals surface area contributed by atoms with Gasteiger partial charge in [0, 0.05) is 7.11 Å². The van der Waals surface area contributed by atoms with E-state index in [0.29, 0.717) is 0 Å². The Hall–Kier alpha value is -3.50. The zero-order valence-electron chi connectivity index (χ0n) is 28.9. The van der Waals surface area contributed by atoms with E-state index in [1.807, 2.05) is 60.7 Å². The maximum absolute atomic E-state index is 14.0. The Kier molecular flexibility index (Phi) is 14.9. The zero-order valence-corrected chi connectivity index (χ0v) is 30.9. The van der Waals surface area contributed by atoms with Crippen LogP contribution in [0.3, 0.4) is 0 Å². The molecule has 1 unspecified atom stereocenters.